The lowest BCUT2D eigenvalue weighted by molar-refractivity contribution is 0.383. The van der Waals surface area contributed by atoms with Crippen LogP contribution in [0.25, 0.3) is 11.1 Å². The highest BCUT2D eigenvalue weighted by Crippen LogP contribution is 2.38. The van der Waals surface area contributed by atoms with Crippen molar-refractivity contribution >= 4 is 11.1 Å². The predicted molar refractivity (Wildman–Crippen MR) is 54.7 cm³/mol. The Kier molecular flexibility index (Phi) is 1.59. The summed E-state index contributed by atoms with van der Waals surface area (Å²) in [7, 11) is 1.70. The van der Waals surface area contributed by atoms with Crippen LogP contribution in [0, 0.1) is 0 Å². The highest BCUT2D eigenvalue weighted by molar-refractivity contribution is 5.73. The van der Waals surface area contributed by atoms with Crippen molar-refractivity contribution in [3.63, 3.8) is 0 Å². The monoisotopic (exact) mass is 205 g/mol. The van der Waals surface area contributed by atoms with E-state index in [1.807, 2.05) is 25.1 Å². The Morgan fingerprint density at radius 3 is 2.80 bits per heavy atom. The number of aryl methyl sites for hydroxylation is 1. The molecule has 0 saturated carbocycles. The zero-order valence-electron chi connectivity index (χ0n) is 8.56. The first kappa shape index (κ1) is 8.73. The minimum Gasteiger partial charge on any atom is -0.408 e. The molecule has 0 spiro atoms. The average Bonchev–Trinajstić information content (AvgIpc) is 2.87. The van der Waals surface area contributed by atoms with Gasteiger partial charge in [-0.3, -0.25) is 4.57 Å². The van der Waals surface area contributed by atoms with Crippen LogP contribution >= 0.6 is 0 Å². The molecule has 0 bridgehead atoms. The van der Waals surface area contributed by atoms with Crippen molar-refractivity contribution in [2.24, 2.45) is 7.05 Å². The number of epoxide rings is 1. The smallest absolute Gasteiger partial charge is 0.408 e. The lowest BCUT2D eigenvalue weighted by Gasteiger charge is -1.95. The van der Waals surface area contributed by atoms with Gasteiger partial charge in [0.1, 0.15) is 6.10 Å². The summed E-state index contributed by atoms with van der Waals surface area (Å²) < 4.78 is 12.0. The Hall–Kier alpha value is -1.55. The summed E-state index contributed by atoms with van der Waals surface area (Å²) >= 11 is 0. The van der Waals surface area contributed by atoms with E-state index in [4.69, 9.17) is 9.15 Å². The van der Waals surface area contributed by atoms with Crippen LogP contribution in [0.3, 0.4) is 0 Å². The maximum Gasteiger partial charge on any atom is 0.419 e. The van der Waals surface area contributed by atoms with Gasteiger partial charge >= 0.3 is 5.76 Å². The second-order valence-electron chi connectivity index (χ2n) is 3.92. The van der Waals surface area contributed by atoms with Crippen LogP contribution in [0.4, 0.5) is 0 Å². The minimum absolute atomic E-state index is 0.167. The van der Waals surface area contributed by atoms with E-state index in [1.54, 1.807) is 7.05 Å². The fourth-order valence-electron chi connectivity index (χ4n) is 1.86. The average molecular weight is 205 g/mol. The molecule has 1 aromatic heterocycles. The summed E-state index contributed by atoms with van der Waals surface area (Å²) in [5.41, 5.74) is 2.52. The van der Waals surface area contributed by atoms with Gasteiger partial charge in [0, 0.05) is 7.05 Å². The lowest BCUT2D eigenvalue weighted by atomic mass is 10.1. The maximum atomic E-state index is 11.3. The normalized spacial score (nSPS) is 24.7. The predicted octanol–water partition coefficient (Wildman–Crippen LogP) is 1.59. The zero-order valence-corrected chi connectivity index (χ0v) is 8.56. The highest BCUT2D eigenvalue weighted by atomic mass is 16.6. The molecule has 78 valence electrons. The second kappa shape index (κ2) is 2.73. The van der Waals surface area contributed by atoms with Gasteiger partial charge in [-0.1, -0.05) is 6.07 Å². The third-order valence-corrected chi connectivity index (χ3v) is 2.86. The Bertz CT molecular complexity index is 581. The van der Waals surface area contributed by atoms with Crippen LogP contribution in [-0.4, -0.2) is 10.7 Å². The fraction of sp³-hybridized carbons (Fsp3) is 0.364. The van der Waals surface area contributed by atoms with E-state index in [2.05, 4.69) is 0 Å². The number of aromatic nitrogens is 1. The first-order valence-electron chi connectivity index (χ1n) is 4.92. The molecule has 2 unspecified atom stereocenters. The number of rotatable bonds is 1. The Morgan fingerprint density at radius 1 is 1.40 bits per heavy atom. The first-order valence-corrected chi connectivity index (χ1v) is 4.92. The number of benzene rings is 1. The van der Waals surface area contributed by atoms with Gasteiger partial charge < -0.3 is 9.15 Å². The fourth-order valence-corrected chi connectivity index (χ4v) is 1.86. The van der Waals surface area contributed by atoms with Crippen molar-refractivity contribution in [2.75, 3.05) is 0 Å². The zero-order chi connectivity index (χ0) is 10.6. The third-order valence-electron chi connectivity index (χ3n) is 2.86. The highest BCUT2D eigenvalue weighted by Gasteiger charge is 2.35. The molecule has 0 amide bonds. The third kappa shape index (κ3) is 1.22. The molecule has 4 heteroatoms. The van der Waals surface area contributed by atoms with E-state index in [0.29, 0.717) is 5.58 Å². The molecule has 1 aromatic carbocycles. The molecular formula is C11H11NO3. The molecule has 1 aliphatic heterocycles. The Labute approximate surface area is 86.1 Å². The van der Waals surface area contributed by atoms with Gasteiger partial charge in [0.2, 0.25) is 0 Å². The molecular weight excluding hydrogens is 194 g/mol. The van der Waals surface area contributed by atoms with Crippen LogP contribution in [0.2, 0.25) is 0 Å². The molecule has 3 rings (SSSR count). The SMILES string of the molecule is CC1OC1c1ccc2c(c1)oc(=O)n2C. The molecule has 1 saturated heterocycles. The van der Waals surface area contributed by atoms with Gasteiger partial charge in [0.15, 0.2) is 5.58 Å². The maximum absolute atomic E-state index is 11.3. The molecule has 0 radical (unpaired) electrons. The first-order chi connectivity index (χ1) is 7.16. The van der Waals surface area contributed by atoms with Gasteiger partial charge in [0.25, 0.3) is 0 Å². The molecule has 2 atom stereocenters. The van der Waals surface area contributed by atoms with Crippen molar-refractivity contribution in [3.05, 3.63) is 34.3 Å². The van der Waals surface area contributed by atoms with Gasteiger partial charge in [-0.15, -0.1) is 0 Å². The van der Waals surface area contributed by atoms with E-state index >= 15 is 0 Å². The number of hydrogen-bond acceptors (Lipinski definition) is 3. The molecule has 2 heterocycles. The van der Waals surface area contributed by atoms with Gasteiger partial charge in [0.05, 0.1) is 11.6 Å². The summed E-state index contributed by atoms with van der Waals surface area (Å²) in [5, 5.41) is 0. The second-order valence-corrected chi connectivity index (χ2v) is 3.92. The van der Waals surface area contributed by atoms with Gasteiger partial charge in [-0.05, 0) is 24.6 Å². The Morgan fingerprint density at radius 2 is 2.13 bits per heavy atom. The van der Waals surface area contributed by atoms with Crippen molar-refractivity contribution in [3.8, 4) is 0 Å². The van der Waals surface area contributed by atoms with Gasteiger partial charge in [-0.2, -0.15) is 0 Å². The van der Waals surface area contributed by atoms with Crippen LogP contribution in [0.15, 0.2) is 27.4 Å². The largest absolute Gasteiger partial charge is 0.419 e. The van der Waals surface area contributed by atoms with Gasteiger partial charge in [-0.25, -0.2) is 4.79 Å². The van der Waals surface area contributed by atoms with Crippen molar-refractivity contribution in [1.29, 1.82) is 0 Å². The number of fused-ring (bicyclic) bond motifs is 1. The van der Waals surface area contributed by atoms with E-state index in [1.165, 1.54) is 4.57 Å². The number of oxazole rings is 1. The van der Waals surface area contributed by atoms with E-state index in [-0.39, 0.29) is 18.0 Å². The summed E-state index contributed by atoms with van der Waals surface area (Å²) in [5.74, 6) is -0.327. The molecule has 1 aliphatic rings. The topological polar surface area (TPSA) is 47.7 Å². The number of ether oxygens (including phenoxy) is 1. The van der Waals surface area contributed by atoms with Crippen molar-refractivity contribution in [1.82, 2.24) is 4.57 Å². The van der Waals surface area contributed by atoms with Crippen LogP contribution < -0.4 is 5.76 Å². The number of nitrogens with zero attached hydrogens (tertiary/aromatic N) is 1. The van der Waals surface area contributed by atoms with Crippen molar-refractivity contribution in [2.45, 2.75) is 19.1 Å². The standard InChI is InChI=1S/C11H11NO3/c1-6-10(14-6)7-3-4-8-9(5-7)15-11(13)12(8)2/h3-6,10H,1-2H3. The molecule has 15 heavy (non-hydrogen) atoms. The molecule has 4 nitrogen and oxygen atoms in total. The summed E-state index contributed by atoms with van der Waals surface area (Å²) in [6.45, 7) is 2.02. The van der Waals surface area contributed by atoms with E-state index in [9.17, 15) is 4.79 Å². The van der Waals surface area contributed by atoms with E-state index < -0.39 is 0 Å². The Balaban J connectivity index is 2.18. The molecule has 2 aromatic rings. The molecule has 0 aliphatic carbocycles. The molecule has 1 fully saturated rings. The summed E-state index contributed by atoms with van der Waals surface area (Å²) in [4.78, 5) is 11.3. The quantitative estimate of drug-likeness (QED) is 0.664. The number of hydrogen-bond donors (Lipinski definition) is 0. The summed E-state index contributed by atoms with van der Waals surface area (Å²) in [6, 6.07) is 5.75. The summed E-state index contributed by atoms with van der Waals surface area (Å²) in [6.07, 6.45) is 0.442. The van der Waals surface area contributed by atoms with Crippen molar-refractivity contribution < 1.29 is 9.15 Å². The molecule has 0 N–H and O–H groups in total. The minimum atomic E-state index is -0.327. The lowest BCUT2D eigenvalue weighted by Crippen LogP contribution is -2.08. The van der Waals surface area contributed by atoms with Crippen LogP contribution in [0.5, 0.6) is 0 Å². The van der Waals surface area contributed by atoms with Crippen LogP contribution in [-0.2, 0) is 11.8 Å². The van der Waals surface area contributed by atoms with E-state index in [0.717, 1.165) is 11.1 Å². The van der Waals surface area contributed by atoms with Crippen LogP contribution in [0.1, 0.15) is 18.6 Å².